The average Bonchev–Trinajstić information content (AvgIpc) is 3.11. The Morgan fingerprint density at radius 3 is 2.61 bits per heavy atom. The summed E-state index contributed by atoms with van der Waals surface area (Å²) in [5.74, 6) is -0.877. The van der Waals surface area contributed by atoms with Crippen LogP contribution in [0.4, 0.5) is 34.8 Å². The molecule has 0 amide bonds. The molecule has 0 bridgehead atoms. The lowest BCUT2D eigenvalue weighted by molar-refractivity contribution is -0.137. The first-order valence-electron chi connectivity index (χ1n) is 8.00. The molecule has 0 saturated heterocycles. The van der Waals surface area contributed by atoms with E-state index in [4.69, 9.17) is 5.73 Å². The molecule has 0 fully saturated rings. The largest absolute Gasteiger partial charge is 0.416 e. The van der Waals surface area contributed by atoms with Crippen LogP contribution in [-0.4, -0.2) is 20.2 Å². The van der Waals surface area contributed by atoms with Gasteiger partial charge in [0, 0.05) is 16.6 Å². The van der Waals surface area contributed by atoms with Gasteiger partial charge >= 0.3 is 6.18 Å². The van der Waals surface area contributed by atoms with Gasteiger partial charge in [0.1, 0.15) is 23.5 Å². The van der Waals surface area contributed by atoms with Crippen molar-refractivity contribution in [3.05, 3.63) is 60.3 Å². The lowest BCUT2D eigenvalue weighted by Crippen LogP contribution is -2.07. The second-order valence-electron chi connectivity index (χ2n) is 5.97. The van der Waals surface area contributed by atoms with Crippen LogP contribution in [0.2, 0.25) is 0 Å². The molecule has 4 N–H and O–H groups in total. The van der Waals surface area contributed by atoms with Crippen LogP contribution >= 0.6 is 0 Å². The van der Waals surface area contributed by atoms with Gasteiger partial charge in [-0.25, -0.2) is 14.4 Å². The summed E-state index contributed by atoms with van der Waals surface area (Å²) in [4.78, 5) is 7.97. The summed E-state index contributed by atoms with van der Waals surface area (Å²) in [6.45, 7) is 0. The summed E-state index contributed by atoms with van der Waals surface area (Å²) >= 11 is 0. The van der Waals surface area contributed by atoms with Crippen molar-refractivity contribution < 1.29 is 17.6 Å². The third-order valence-electron chi connectivity index (χ3n) is 4.14. The van der Waals surface area contributed by atoms with Gasteiger partial charge in [-0.15, -0.1) is 0 Å². The molecule has 142 valence electrons. The van der Waals surface area contributed by atoms with Gasteiger partial charge in [0.25, 0.3) is 0 Å². The minimum Gasteiger partial charge on any atom is -0.394 e. The molecule has 0 radical (unpaired) electrons. The fourth-order valence-electron chi connectivity index (χ4n) is 2.75. The zero-order chi connectivity index (χ0) is 19.9. The monoisotopic (exact) mass is 388 g/mol. The van der Waals surface area contributed by atoms with Gasteiger partial charge in [-0.05, 0) is 36.4 Å². The van der Waals surface area contributed by atoms with Crippen LogP contribution in [0, 0.1) is 5.82 Å². The maximum Gasteiger partial charge on any atom is 0.416 e. The first-order valence-corrected chi connectivity index (χ1v) is 8.00. The van der Waals surface area contributed by atoms with E-state index in [1.165, 1.54) is 0 Å². The number of hydrogen-bond donors (Lipinski definition) is 3. The van der Waals surface area contributed by atoms with Crippen LogP contribution in [0.5, 0.6) is 0 Å². The van der Waals surface area contributed by atoms with Crippen molar-refractivity contribution >= 4 is 28.1 Å². The predicted octanol–water partition coefficient (Wildman–Crippen LogP) is 4.50. The van der Waals surface area contributed by atoms with Crippen LogP contribution in [-0.2, 0) is 6.18 Å². The maximum absolute atomic E-state index is 14.3. The fraction of sp³-hybridized carbons (Fsp3) is 0.0556. The number of rotatable bonds is 3. The Labute approximate surface area is 155 Å². The molecule has 0 atom stereocenters. The highest BCUT2D eigenvalue weighted by Crippen LogP contribution is 2.35. The summed E-state index contributed by atoms with van der Waals surface area (Å²) < 4.78 is 52.5. The van der Waals surface area contributed by atoms with Gasteiger partial charge in [-0.1, -0.05) is 0 Å². The summed E-state index contributed by atoms with van der Waals surface area (Å²) in [6.07, 6.45) is -1.84. The smallest absolute Gasteiger partial charge is 0.394 e. The number of H-pyrrole nitrogens is 1. The zero-order valence-electron chi connectivity index (χ0n) is 14.0. The van der Waals surface area contributed by atoms with Crippen molar-refractivity contribution in [2.24, 2.45) is 0 Å². The molecule has 10 heteroatoms. The van der Waals surface area contributed by atoms with Crippen molar-refractivity contribution in [2.45, 2.75) is 6.18 Å². The number of nitrogens with two attached hydrogens (primary N) is 1. The Balaban J connectivity index is 1.70. The number of nitrogen functional groups attached to an aromatic ring is 1. The van der Waals surface area contributed by atoms with Crippen LogP contribution in [0.1, 0.15) is 5.56 Å². The molecule has 0 saturated carbocycles. The number of nitrogens with zero attached hydrogens (tertiary/aromatic N) is 3. The van der Waals surface area contributed by atoms with Crippen molar-refractivity contribution in [1.82, 2.24) is 20.2 Å². The van der Waals surface area contributed by atoms with E-state index in [2.05, 4.69) is 25.5 Å². The number of aromatic nitrogens is 4. The quantitative estimate of drug-likeness (QED) is 0.449. The van der Waals surface area contributed by atoms with Crippen molar-refractivity contribution in [3.63, 3.8) is 0 Å². The van der Waals surface area contributed by atoms with Gasteiger partial charge in [-0.2, -0.15) is 18.3 Å². The van der Waals surface area contributed by atoms with E-state index >= 15 is 0 Å². The second kappa shape index (κ2) is 6.48. The molecule has 2 aromatic heterocycles. The van der Waals surface area contributed by atoms with E-state index in [0.29, 0.717) is 11.8 Å². The highest BCUT2D eigenvalue weighted by molar-refractivity contribution is 5.86. The summed E-state index contributed by atoms with van der Waals surface area (Å²) in [6, 6.07) is 7.56. The molecule has 28 heavy (non-hydrogen) atoms. The molecule has 4 aromatic rings. The number of halogens is 4. The maximum atomic E-state index is 14.3. The SMILES string of the molecule is Nc1c(Nc2ccc3[nH]ncc3c2)ncnc1-c1ccc(C(F)(F)F)cc1F. The molecule has 4 rings (SSSR count). The first kappa shape index (κ1) is 17.7. The molecule has 2 heterocycles. The van der Waals surface area contributed by atoms with E-state index < -0.39 is 17.6 Å². The highest BCUT2D eigenvalue weighted by atomic mass is 19.4. The van der Waals surface area contributed by atoms with Gasteiger partial charge in [-0.3, -0.25) is 5.10 Å². The van der Waals surface area contributed by atoms with Gasteiger partial charge in [0.2, 0.25) is 0 Å². The molecular weight excluding hydrogens is 376 g/mol. The van der Waals surface area contributed by atoms with Gasteiger partial charge in [0.05, 0.1) is 17.3 Å². The number of aromatic amines is 1. The number of nitrogens with one attached hydrogen (secondary N) is 2. The molecule has 6 nitrogen and oxygen atoms in total. The van der Waals surface area contributed by atoms with Crippen LogP contribution in [0.25, 0.3) is 22.2 Å². The predicted molar refractivity (Wildman–Crippen MR) is 96.2 cm³/mol. The molecule has 0 spiro atoms. The van der Waals surface area contributed by atoms with E-state index in [9.17, 15) is 17.6 Å². The summed E-state index contributed by atoms with van der Waals surface area (Å²) in [7, 11) is 0. The van der Waals surface area contributed by atoms with E-state index in [1.807, 2.05) is 0 Å². The van der Waals surface area contributed by atoms with Gasteiger partial charge in [0.15, 0.2) is 5.82 Å². The topological polar surface area (TPSA) is 92.5 Å². The lowest BCUT2D eigenvalue weighted by Gasteiger charge is -2.13. The van der Waals surface area contributed by atoms with E-state index in [1.54, 1.807) is 24.4 Å². The molecule has 0 aliphatic heterocycles. The van der Waals surface area contributed by atoms with Crippen molar-refractivity contribution in [2.75, 3.05) is 11.1 Å². The van der Waals surface area contributed by atoms with Crippen LogP contribution in [0.15, 0.2) is 48.9 Å². The zero-order valence-corrected chi connectivity index (χ0v) is 14.0. The number of fused-ring (bicyclic) bond motifs is 1. The van der Waals surface area contributed by atoms with Crippen LogP contribution in [0.3, 0.4) is 0 Å². The lowest BCUT2D eigenvalue weighted by atomic mass is 10.1. The highest BCUT2D eigenvalue weighted by Gasteiger charge is 2.31. The minimum absolute atomic E-state index is 0.00638. The first-order chi connectivity index (χ1) is 13.3. The Bertz CT molecular complexity index is 1170. The molecule has 2 aromatic carbocycles. The molecule has 0 unspecified atom stereocenters. The Morgan fingerprint density at radius 2 is 1.86 bits per heavy atom. The Morgan fingerprint density at radius 1 is 1.04 bits per heavy atom. The minimum atomic E-state index is -4.64. The summed E-state index contributed by atoms with van der Waals surface area (Å²) in [5, 5.41) is 10.6. The standard InChI is InChI=1S/C18H12F4N6/c19-13-6-10(18(20,21)22)1-3-12(13)16-15(23)17(25-8-24-16)27-11-2-4-14-9(5-11)7-26-28-14/h1-8H,23H2,(H,26,28)(H,24,25,27). The van der Waals surface area contributed by atoms with Crippen molar-refractivity contribution in [1.29, 1.82) is 0 Å². The third kappa shape index (κ3) is 3.20. The number of alkyl halides is 3. The molecule has 0 aliphatic carbocycles. The number of hydrogen-bond acceptors (Lipinski definition) is 5. The number of benzene rings is 2. The fourth-order valence-corrected chi connectivity index (χ4v) is 2.75. The molecular formula is C18H12F4N6. The molecule has 0 aliphatic rings. The Hall–Kier alpha value is -3.69. The average molecular weight is 388 g/mol. The third-order valence-corrected chi connectivity index (χ3v) is 4.14. The van der Waals surface area contributed by atoms with Gasteiger partial charge < -0.3 is 11.1 Å². The number of anilines is 3. The Kier molecular flexibility index (Phi) is 4.10. The second-order valence-corrected chi connectivity index (χ2v) is 5.97. The van der Waals surface area contributed by atoms with E-state index in [0.717, 1.165) is 29.4 Å². The summed E-state index contributed by atoms with van der Waals surface area (Å²) in [5.41, 5.74) is 6.31. The van der Waals surface area contributed by atoms with Crippen molar-refractivity contribution in [3.8, 4) is 11.3 Å². The normalized spacial score (nSPS) is 11.7. The van der Waals surface area contributed by atoms with Crippen LogP contribution < -0.4 is 11.1 Å². The van der Waals surface area contributed by atoms with E-state index in [-0.39, 0.29) is 22.8 Å².